The zero-order valence-corrected chi connectivity index (χ0v) is 11.3. The lowest BCUT2D eigenvalue weighted by atomic mass is 10.2. The van der Waals surface area contributed by atoms with E-state index < -0.39 is 0 Å². The van der Waals surface area contributed by atoms with Crippen molar-refractivity contribution < 1.29 is 9.53 Å². The summed E-state index contributed by atoms with van der Waals surface area (Å²) in [6.07, 6.45) is 2.09. The molecule has 2 aromatic rings. The van der Waals surface area contributed by atoms with Crippen LogP contribution in [0.15, 0.2) is 24.5 Å². The van der Waals surface area contributed by atoms with E-state index in [0.29, 0.717) is 12.6 Å². The van der Waals surface area contributed by atoms with Crippen molar-refractivity contribution in [1.29, 1.82) is 0 Å². The Balaban J connectivity index is 2.12. The summed E-state index contributed by atoms with van der Waals surface area (Å²) in [7, 11) is 0. The van der Waals surface area contributed by atoms with Gasteiger partial charge in [-0.15, -0.1) is 0 Å². The first-order valence-electron chi connectivity index (χ1n) is 6.43. The number of imidazole rings is 1. The number of hydrogen-bond acceptors (Lipinski definition) is 4. The zero-order valence-electron chi connectivity index (χ0n) is 11.3. The third kappa shape index (κ3) is 3.12. The number of esters is 1. The predicted molar refractivity (Wildman–Crippen MR) is 73.6 cm³/mol. The molecule has 1 aromatic carbocycles. The van der Waals surface area contributed by atoms with Crippen LogP contribution in [-0.4, -0.2) is 22.1 Å². The lowest BCUT2D eigenvalue weighted by Gasteiger charge is -2.08. The maximum atomic E-state index is 11.3. The molecule has 0 aliphatic rings. The number of rotatable bonds is 5. The Morgan fingerprint density at radius 3 is 2.95 bits per heavy atom. The molecule has 102 valence electrons. The van der Waals surface area contributed by atoms with Gasteiger partial charge in [0.15, 0.2) is 0 Å². The molecule has 0 saturated heterocycles. The van der Waals surface area contributed by atoms with Gasteiger partial charge in [0, 0.05) is 12.6 Å². The highest BCUT2D eigenvalue weighted by Gasteiger charge is 2.07. The lowest BCUT2D eigenvalue weighted by Crippen LogP contribution is -2.11. The average Bonchev–Trinajstić information content (AvgIpc) is 2.79. The molecular weight excluding hydrogens is 242 g/mol. The van der Waals surface area contributed by atoms with E-state index >= 15 is 0 Å². The number of benzene rings is 1. The number of carbonyl (C=O) groups is 1. The van der Waals surface area contributed by atoms with Crippen LogP contribution in [0.4, 0.5) is 0 Å². The molecule has 0 spiro atoms. The zero-order chi connectivity index (χ0) is 13.8. The second-order valence-corrected chi connectivity index (χ2v) is 4.77. The van der Waals surface area contributed by atoms with Gasteiger partial charge in [0.05, 0.1) is 23.8 Å². The number of aromatic nitrogens is 2. The van der Waals surface area contributed by atoms with Gasteiger partial charge >= 0.3 is 5.97 Å². The highest BCUT2D eigenvalue weighted by Crippen LogP contribution is 2.19. The number of hydrogen-bond donors (Lipinski definition) is 1. The van der Waals surface area contributed by atoms with Crippen LogP contribution in [0.1, 0.15) is 31.9 Å². The molecule has 0 fully saturated rings. The minimum Gasteiger partial charge on any atom is -0.461 e. The minimum atomic E-state index is -0.268. The molecule has 0 aliphatic carbocycles. The number of nitrogens with two attached hydrogens (primary N) is 1. The average molecular weight is 261 g/mol. The standard InChI is InChI=1S/C14H19N3O2/c1-10(2)17-9-16-12-7-11(3-4-13(12)17)8-19-14(18)5-6-15/h3-4,7,9-10H,5-6,8,15H2,1-2H3. The van der Waals surface area contributed by atoms with Gasteiger partial charge in [0.2, 0.25) is 0 Å². The Morgan fingerprint density at radius 1 is 1.47 bits per heavy atom. The molecule has 0 bridgehead atoms. The minimum absolute atomic E-state index is 0.254. The predicted octanol–water partition coefficient (Wildman–Crippen LogP) is 2.01. The van der Waals surface area contributed by atoms with Gasteiger partial charge in [0.25, 0.3) is 0 Å². The summed E-state index contributed by atoms with van der Waals surface area (Å²) in [5.41, 5.74) is 8.23. The van der Waals surface area contributed by atoms with Crippen molar-refractivity contribution in [3.05, 3.63) is 30.1 Å². The first kappa shape index (κ1) is 13.5. The van der Waals surface area contributed by atoms with E-state index in [0.717, 1.165) is 16.6 Å². The van der Waals surface area contributed by atoms with Gasteiger partial charge in [-0.2, -0.15) is 0 Å². The Hall–Kier alpha value is -1.88. The van der Waals surface area contributed by atoms with Crippen LogP contribution in [0, 0.1) is 0 Å². The number of fused-ring (bicyclic) bond motifs is 1. The summed E-state index contributed by atoms with van der Waals surface area (Å²) >= 11 is 0. The molecule has 0 aliphatic heterocycles. The van der Waals surface area contributed by atoms with Gasteiger partial charge < -0.3 is 15.0 Å². The van der Waals surface area contributed by atoms with Crippen LogP contribution in [0.5, 0.6) is 0 Å². The molecule has 1 heterocycles. The smallest absolute Gasteiger partial charge is 0.307 e. The second kappa shape index (κ2) is 5.84. The van der Waals surface area contributed by atoms with Gasteiger partial charge in [-0.25, -0.2) is 4.98 Å². The molecule has 0 amide bonds. The van der Waals surface area contributed by atoms with Crippen LogP contribution in [-0.2, 0) is 16.1 Å². The van der Waals surface area contributed by atoms with Gasteiger partial charge in [-0.3, -0.25) is 4.79 Å². The van der Waals surface area contributed by atoms with Gasteiger partial charge in [-0.1, -0.05) is 6.07 Å². The van der Waals surface area contributed by atoms with Crippen LogP contribution in [0.2, 0.25) is 0 Å². The van der Waals surface area contributed by atoms with E-state index in [1.54, 1.807) is 0 Å². The highest BCUT2D eigenvalue weighted by atomic mass is 16.5. The number of ether oxygens (including phenoxy) is 1. The van der Waals surface area contributed by atoms with Crippen LogP contribution in [0.25, 0.3) is 11.0 Å². The van der Waals surface area contributed by atoms with Crippen LogP contribution in [0.3, 0.4) is 0 Å². The molecule has 1 aromatic heterocycles. The third-order valence-corrected chi connectivity index (χ3v) is 2.94. The quantitative estimate of drug-likeness (QED) is 0.836. The molecule has 5 heteroatoms. The van der Waals surface area contributed by atoms with E-state index in [9.17, 15) is 4.79 Å². The van der Waals surface area contributed by atoms with Crippen LogP contribution < -0.4 is 5.73 Å². The van der Waals surface area contributed by atoms with Crippen LogP contribution >= 0.6 is 0 Å². The van der Waals surface area contributed by atoms with Crippen molar-refractivity contribution in [2.75, 3.05) is 6.54 Å². The van der Waals surface area contributed by atoms with E-state index in [-0.39, 0.29) is 19.0 Å². The normalized spacial score (nSPS) is 11.2. The maximum Gasteiger partial charge on any atom is 0.307 e. The molecule has 0 radical (unpaired) electrons. The number of nitrogens with zero attached hydrogens (tertiary/aromatic N) is 2. The molecule has 5 nitrogen and oxygen atoms in total. The topological polar surface area (TPSA) is 70.1 Å². The largest absolute Gasteiger partial charge is 0.461 e. The summed E-state index contributed by atoms with van der Waals surface area (Å²) in [5.74, 6) is -0.268. The summed E-state index contributed by atoms with van der Waals surface area (Å²) in [5, 5.41) is 0. The fourth-order valence-corrected chi connectivity index (χ4v) is 1.93. The molecule has 2 N–H and O–H groups in total. The lowest BCUT2D eigenvalue weighted by molar-refractivity contribution is -0.144. The molecule has 0 saturated carbocycles. The van der Waals surface area contributed by atoms with E-state index in [1.165, 1.54) is 0 Å². The maximum absolute atomic E-state index is 11.3. The van der Waals surface area contributed by atoms with Gasteiger partial charge in [-0.05, 0) is 31.5 Å². The Kier molecular flexibility index (Phi) is 4.16. The third-order valence-electron chi connectivity index (χ3n) is 2.94. The first-order valence-corrected chi connectivity index (χ1v) is 6.43. The fraction of sp³-hybridized carbons (Fsp3) is 0.429. The molecule has 2 rings (SSSR count). The second-order valence-electron chi connectivity index (χ2n) is 4.77. The summed E-state index contributed by atoms with van der Waals surface area (Å²) < 4.78 is 7.23. The van der Waals surface area contributed by atoms with E-state index in [4.69, 9.17) is 10.5 Å². The monoisotopic (exact) mass is 261 g/mol. The Labute approximate surface area is 112 Å². The summed E-state index contributed by atoms with van der Waals surface area (Å²) in [4.78, 5) is 15.6. The van der Waals surface area contributed by atoms with Crippen molar-refractivity contribution in [3.8, 4) is 0 Å². The summed E-state index contributed by atoms with van der Waals surface area (Å²) in [6, 6.07) is 6.29. The van der Waals surface area contributed by atoms with Crippen molar-refractivity contribution in [3.63, 3.8) is 0 Å². The van der Waals surface area contributed by atoms with E-state index in [1.807, 2.05) is 24.5 Å². The van der Waals surface area contributed by atoms with E-state index in [2.05, 4.69) is 23.4 Å². The SMILES string of the molecule is CC(C)n1cnc2cc(COC(=O)CCN)ccc21. The molecular formula is C14H19N3O2. The van der Waals surface area contributed by atoms with Crippen molar-refractivity contribution >= 4 is 17.0 Å². The van der Waals surface area contributed by atoms with Crippen molar-refractivity contribution in [2.45, 2.75) is 32.9 Å². The molecule has 19 heavy (non-hydrogen) atoms. The summed E-state index contributed by atoms with van der Waals surface area (Å²) in [6.45, 7) is 4.81. The molecule has 0 unspecified atom stereocenters. The first-order chi connectivity index (χ1) is 9.11. The number of carbonyl (C=O) groups excluding carboxylic acids is 1. The van der Waals surface area contributed by atoms with Crippen molar-refractivity contribution in [1.82, 2.24) is 9.55 Å². The Bertz CT molecular complexity index is 575. The van der Waals surface area contributed by atoms with Crippen molar-refractivity contribution in [2.24, 2.45) is 5.73 Å². The Morgan fingerprint density at radius 2 is 2.26 bits per heavy atom. The van der Waals surface area contributed by atoms with Gasteiger partial charge in [0.1, 0.15) is 6.61 Å². The molecule has 0 atom stereocenters. The highest BCUT2D eigenvalue weighted by molar-refractivity contribution is 5.76. The fourth-order valence-electron chi connectivity index (χ4n) is 1.93.